The van der Waals surface area contributed by atoms with Gasteiger partial charge >= 0.3 is 0 Å². The molecule has 1 heterocycles. The summed E-state index contributed by atoms with van der Waals surface area (Å²) in [6, 6.07) is 13.6. The molecule has 0 radical (unpaired) electrons. The molecule has 3 aromatic rings. The largest absolute Gasteiger partial charge is 0.497 e. The van der Waals surface area contributed by atoms with E-state index in [0.717, 1.165) is 27.8 Å². The number of ether oxygens (including phenoxy) is 1. The molecule has 0 spiro atoms. The molecule has 0 aliphatic carbocycles. The van der Waals surface area contributed by atoms with Crippen molar-refractivity contribution >= 4 is 22.4 Å². The van der Waals surface area contributed by atoms with Gasteiger partial charge in [-0.05, 0) is 61.4 Å². The average Bonchev–Trinajstić information content (AvgIpc) is 2.96. The number of amides is 1. The normalized spacial score (nSPS) is 11.6. The summed E-state index contributed by atoms with van der Waals surface area (Å²) in [7, 11) is 1.65. The van der Waals surface area contributed by atoms with Gasteiger partial charge in [-0.1, -0.05) is 18.2 Å². The quantitative estimate of drug-likeness (QED) is 0.573. The minimum atomic E-state index is -0.278. The number of furan rings is 1. The smallest absolute Gasteiger partial charge is 0.274 e. The van der Waals surface area contributed by atoms with Gasteiger partial charge in [0.2, 0.25) is 0 Å². The Morgan fingerprint density at radius 2 is 1.80 bits per heavy atom. The molecule has 1 amide bonds. The second-order valence-corrected chi connectivity index (χ2v) is 5.89. The van der Waals surface area contributed by atoms with Gasteiger partial charge in [0.05, 0.1) is 18.4 Å². The molecule has 1 N–H and O–H groups in total. The first-order valence-electron chi connectivity index (χ1n) is 7.98. The Balaban J connectivity index is 1.81. The van der Waals surface area contributed by atoms with Gasteiger partial charge in [-0.15, -0.1) is 0 Å². The molecule has 128 valence electrons. The predicted octanol–water partition coefficient (Wildman–Crippen LogP) is 4.21. The van der Waals surface area contributed by atoms with Crippen LogP contribution in [0.15, 0.2) is 52.0 Å². The molecule has 0 fully saturated rings. The van der Waals surface area contributed by atoms with E-state index in [4.69, 9.17) is 9.15 Å². The third-order valence-electron chi connectivity index (χ3n) is 4.08. The van der Waals surface area contributed by atoms with Crippen LogP contribution in [-0.2, 0) is 0 Å². The molecule has 0 bridgehead atoms. The van der Waals surface area contributed by atoms with E-state index < -0.39 is 0 Å². The number of carbonyl (C=O) groups excluding carboxylic acids is 1. The number of carbonyl (C=O) groups is 1. The fraction of sp³-hybridized carbons (Fsp3) is 0.200. The number of nitrogens with zero attached hydrogens (tertiary/aromatic N) is 1. The van der Waals surface area contributed by atoms with Crippen molar-refractivity contribution in [2.45, 2.75) is 20.8 Å². The Kier molecular flexibility index (Phi) is 4.57. The predicted molar refractivity (Wildman–Crippen MR) is 98.4 cm³/mol. The maximum Gasteiger partial charge on any atom is 0.274 e. The van der Waals surface area contributed by atoms with E-state index in [0.29, 0.717) is 17.1 Å². The van der Waals surface area contributed by atoms with Gasteiger partial charge in [0.15, 0.2) is 0 Å². The fourth-order valence-electron chi connectivity index (χ4n) is 2.69. The second kappa shape index (κ2) is 6.81. The lowest BCUT2D eigenvalue weighted by Gasteiger charge is -2.06. The highest BCUT2D eigenvalue weighted by Gasteiger charge is 2.13. The Labute approximate surface area is 146 Å². The summed E-state index contributed by atoms with van der Waals surface area (Å²) in [5.74, 6) is 1.83. The summed E-state index contributed by atoms with van der Waals surface area (Å²) >= 11 is 0. The van der Waals surface area contributed by atoms with Crippen molar-refractivity contribution in [3.63, 3.8) is 0 Å². The number of methoxy groups -OCH3 is 1. The van der Waals surface area contributed by atoms with Gasteiger partial charge in [0.25, 0.3) is 5.91 Å². The van der Waals surface area contributed by atoms with Crippen molar-refractivity contribution in [2.24, 2.45) is 5.10 Å². The van der Waals surface area contributed by atoms with Gasteiger partial charge in [-0.3, -0.25) is 4.79 Å². The molecule has 25 heavy (non-hydrogen) atoms. The summed E-state index contributed by atoms with van der Waals surface area (Å²) in [5, 5.41) is 6.38. The van der Waals surface area contributed by atoms with Crippen molar-refractivity contribution in [3.05, 3.63) is 65.1 Å². The van der Waals surface area contributed by atoms with E-state index in [1.54, 1.807) is 20.1 Å². The van der Waals surface area contributed by atoms with Gasteiger partial charge in [0.1, 0.15) is 17.3 Å². The van der Waals surface area contributed by atoms with Crippen molar-refractivity contribution in [1.82, 2.24) is 5.43 Å². The van der Waals surface area contributed by atoms with Crippen molar-refractivity contribution in [3.8, 4) is 5.75 Å². The Hall–Kier alpha value is -3.08. The SMILES string of the molecule is COc1ccc2cc(C(C)=NNC(=O)c3cc(C)oc3C)ccc2c1. The van der Waals surface area contributed by atoms with Crippen LogP contribution in [0.5, 0.6) is 5.75 Å². The molecule has 0 atom stereocenters. The van der Waals surface area contributed by atoms with Gasteiger partial charge in [0, 0.05) is 0 Å². The number of fused-ring (bicyclic) bond motifs is 1. The number of hydrazone groups is 1. The van der Waals surface area contributed by atoms with Crippen LogP contribution in [0, 0.1) is 13.8 Å². The Bertz CT molecular complexity index is 970. The lowest BCUT2D eigenvalue weighted by Crippen LogP contribution is -2.19. The van der Waals surface area contributed by atoms with Gasteiger partial charge in [-0.2, -0.15) is 5.10 Å². The first-order chi connectivity index (χ1) is 12.0. The fourth-order valence-corrected chi connectivity index (χ4v) is 2.69. The maximum absolute atomic E-state index is 12.2. The van der Waals surface area contributed by atoms with Crippen LogP contribution in [0.25, 0.3) is 10.8 Å². The molecule has 3 rings (SSSR count). The lowest BCUT2D eigenvalue weighted by molar-refractivity contribution is 0.0953. The minimum Gasteiger partial charge on any atom is -0.497 e. The van der Waals surface area contributed by atoms with E-state index >= 15 is 0 Å². The highest BCUT2D eigenvalue weighted by Crippen LogP contribution is 2.22. The molecular weight excluding hydrogens is 316 g/mol. The summed E-state index contributed by atoms with van der Waals surface area (Å²) in [6.45, 7) is 5.43. The Morgan fingerprint density at radius 3 is 2.48 bits per heavy atom. The molecule has 0 aliphatic rings. The number of hydrogen-bond acceptors (Lipinski definition) is 4. The van der Waals surface area contributed by atoms with E-state index in [2.05, 4.69) is 10.5 Å². The van der Waals surface area contributed by atoms with Crippen LogP contribution in [0.3, 0.4) is 0 Å². The first-order valence-corrected chi connectivity index (χ1v) is 7.98. The summed E-state index contributed by atoms with van der Waals surface area (Å²) in [4.78, 5) is 12.2. The molecule has 5 nitrogen and oxygen atoms in total. The Morgan fingerprint density at radius 1 is 1.08 bits per heavy atom. The zero-order valence-electron chi connectivity index (χ0n) is 14.7. The molecule has 2 aromatic carbocycles. The molecule has 0 saturated heterocycles. The molecule has 1 aromatic heterocycles. The van der Waals surface area contributed by atoms with Crippen LogP contribution in [0.4, 0.5) is 0 Å². The van der Waals surface area contributed by atoms with Crippen LogP contribution < -0.4 is 10.2 Å². The minimum absolute atomic E-state index is 0.278. The second-order valence-electron chi connectivity index (χ2n) is 5.89. The first kappa shape index (κ1) is 16.8. The number of benzene rings is 2. The zero-order valence-corrected chi connectivity index (χ0v) is 14.7. The summed E-state index contributed by atoms with van der Waals surface area (Å²) < 4.78 is 10.6. The van der Waals surface area contributed by atoms with E-state index in [1.165, 1.54) is 0 Å². The average molecular weight is 336 g/mol. The number of rotatable bonds is 4. The summed E-state index contributed by atoms with van der Waals surface area (Å²) in [5.41, 5.74) is 4.75. The third-order valence-corrected chi connectivity index (χ3v) is 4.08. The van der Waals surface area contributed by atoms with Crippen molar-refractivity contribution in [2.75, 3.05) is 7.11 Å². The van der Waals surface area contributed by atoms with Crippen LogP contribution in [0.2, 0.25) is 0 Å². The lowest BCUT2D eigenvalue weighted by atomic mass is 10.0. The van der Waals surface area contributed by atoms with Crippen LogP contribution in [0.1, 0.15) is 34.4 Å². The molecule has 5 heteroatoms. The van der Waals surface area contributed by atoms with Crippen LogP contribution in [-0.4, -0.2) is 18.7 Å². The van der Waals surface area contributed by atoms with Gasteiger partial charge < -0.3 is 9.15 Å². The van der Waals surface area contributed by atoms with Gasteiger partial charge in [-0.25, -0.2) is 5.43 Å². The number of nitrogens with one attached hydrogen (secondary N) is 1. The monoisotopic (exact) mass is 336 g/mol. The van der Waals surface area contributed by atoms with Crippen molar-refractivity contribution in [1.29, 1.82) is 0 Å². The van der Waals surface area contributed by atoms with E-state index in [-0.39, 0.29) is 5.91 Å². The third kappa shape index (κ3) is 3.55. The number of hydrogen-bond donors (Lipinski definition) is 1. The molecule has 0 saturated carbocycles. The maximum atomic E-state index is 12.2. The molecule has 0 unspecified atom stereocenters. The summed E-state index contributed by atoms with van der Waals surface area (Å²) in [6.07, 6.45) is 0. The highest BCUT2D eigenvalue weighted by molar-refractivity contribution is 6.03. The molecular formula is C20H20N2O3. The van der Waals surface area contributed by atoms with Crippen molar-refractivity contribution < 1.29 is 13.9 Å². The zero-order chi connectivity index (χ0) is 18.0. The molecule has 0 aliphatic heterocycles. The topological polar surface area (TPSA) is 63.8 Å². The number of aryl methyl sites for hydroxylation is 2. The highest BCUT2D eigenvalue weighted by atomic mass is 16.5. The standard InChI is InChI=1S/C20H20N2O3/c1-12-9-19(14(3)25-12)20(23)22-21-13(2)15-5-6-17-11-18(24-4)8-7-16(17)10-15/h5-11H,1-4H3,(H,22,23). The van der Waals surface area contributed by atoms with E-state index in [9.17, 15) is 4.79 Å². The van der Waals surface area contributed by atoms with Crippen LogP contribution >= 0.6 is 0 Å². The van der Waals surface area contributed by atoms with E-state index in [1.807, 2.05) is 50.2 Å².